The lowest BCUT2D eigenvalue weighted by atomic mass is 9.96. The highest BCUT2D eigenvalue weighted by atomic mass is 15.2. The van der Waals surface area contributed by atoms with E-state index < -0.39 is 0 Å². The maximum Gasteiger partial charge on any atom is 0.0710 e. The van der Waals surface area contributed by atoms with E-state index in [-0.39, 0.29) is 6.04 Å². The summed E-state index contributed by atoms with van der Waals surface area (Å²) in [5, 5.41) is 0. The highest BCUT2D eigenvalue weighted by molar-refractivity contribution is 5.36. The van der Waals surface area contributed by atoms with Crippen LogP contribution in [0.15, 0.2) is 48.5 Å². The quantitative estimate of drug-likeness (QED) is 0.624. The van der Waals surface area contributed by atoms with Crippen molar-refractivity contribution in [3.63, 3.8) is 0 Å². The number of rotatable bonds is 3. The topological polar surface area (TPSA) is 38.0 Å². The Hall–Kier alpha value is -1.64. The lowest BCUT2D eigenvalue weighted by molar-refractivity contribution is 0.636. The van der Waals surface area contributed by atoms with Crippen LogP contribution in [0.25, 0.3) is 0 Å². The van der Waals surface area contributed by atoms with E-state index in [2.05, 4.69) is 49.6 Å². The molecule has 2 aromatic rings. The van der Waals surface area contributed by atoms with Crippen LogP contribution in [0.2, 0.25) is 0 Å². The van der Waals surface area contributed by atoms with Crippen LogP contribution in [0.3, 0.4) is 0 Å². The van der Waals surface area contributed by atoms with E-state index in [1.165, 1.54) is 22.3 Å². The first-order valence-electron chi connectivity index (χ1n) is 5.80. The molecule has 0 spiro atoms. The molecular formula is C15H18N2. The number of nitrogens with two attached hydrogens (primary N) is 1. The second kappa shape index (κ2) is 5.13. The van der Waals surface area contributed by atoms with Gasteiger partial charge in [0.2, 0.25) is 0 Å². The Labute approximate surface area is 102 Å². The summed E-state index contributed by atoms with van der Waals surface area (Å²) < 4.78 is 0. The molecule has 0 bridgehead atoms. The molecule has 0 amide bonds. The first kappa shape index (κ1) is 11.8. The molecule has 17 heavy (non-hydrogen) atoms. The minimum Gasteiger partial charge on any atom is -0.271 e. The van der Waals surface area contributed by atoms with E-state index in [1.807, 2.05) is 18.2 Å². The molecule has 0 aliphatic heterocycles. The number of hydrogen-bond donors (Lipinski definition) is 2. The van der Waals surface area contributed by atoms with Crippen molar-refractivity contribution in [2.45, 2.75) is 19.9 Å². The summed E-state index contributed by atoms with van der Waals surface area (Å²) in [6.45, 7) is 4.21. The molecule has 0 aromatic heterocycles. The molecule has 0 heterocycles. The van der Waals surface area contributed by atoms with E-state index in [9.17, 15) is 0 Å². The van der Waals surface area contributed by atoms with Crippen LogP contribution in [0.4, 0.5) is 0 Å². The normalized spacial score (nSPS) is 12.4. The monoisotopic (exact) mass is 226 g/mol. The van der Waals surface area contributed by atoms with Gasteiger partial charge in [-0.25, -0.2) is 5.43 Å². The van der Waals surface area contributed by atoms with E-state index >= 15 is 0 Å². The van der Waals surface area contributed by atoms with Gasteiger partial charge < -0.3 is 0 Å². The van der Waals surface area contributed by atoms with Gasteiger partial charge in [0.05, 0.1) is 6.04 Å². The Morgan fingerprint density at radius 3 is 2.00 bits per heavy atom. The van der Waals surface area contributed by atoms with E-state index in [0.29, 0.717) is 0 Å². The van der Waals surface area contributed by atoms with Gasteiger partial charge in [-0.2, -0.15) is 0 Å². The third kappa shape index (κ3) is 2.73. The lowest BCUT2D eigenvalue weighted by Gasteiger charge is -2.18. The molecule has 1 unspecified atom stereocenters. The Morgan fingerprint density at radius 1 is 0.882 bits per heavy atom. The number of nitrogens with one attached hydrogen (secondary N) is 1. The Balaban J connectivity index is 2.42. The van der Waals surface area contributed by atoms with Gasteiger partial charge in [-0.15, -0.1) is 0 Å². The predicted octanol–water partition coefficient (Wildman–Crippen LogP) is 2.86. The largest absolute Gasteiger partial charge is 0.271 e. The van der Waals surface area contributed by atoms with Crippen LogP contribution in [-0.2, 0) is 0 Å². The fourth-order valence-electron chi connectivity index (χ4n) is 2.21. The summed E-state index contributed by atoms with van der Waals surface area (Å²) in [6.07, 6.45) is 0. The fraction of sp³-hybridized carbons (Fsp3) is 0.200. The van der Waals surface area contributed by atoms with Crippen molar-refractivity contribution in [1.82, 2.24) is 5.43 Å². The first-order chi connectivity index (χ1) is 8.20. The van der Waals surface area contributed by atoms with Crippen molar-refractivity contribution < 1.29 is 0 Å². The number of benzene rings is 2. The van der Waals surface area contributed by atoms with Gasteiger partial charge in [0, 0.05) is 0 Å². The fourth-order valence-corrected chi connectivity index (χ4v) is 2.21. The average molecular weight is 226 g/mol. The molecule has 0 saturated heterocycles. The van der Waals surface area contributed by atoms with Crippen molar-refractivity contribution >= 4 is 0 Å². The van der Waals surface area contributed by atoms with Gasteiger partial charge in [-0.3, -0.25) is 5.84 Å². The molecule has 0 aliphatic carbocycles. The third-order valence-corrected chi connectivity index (χ3v) is 2.88. The molecular weight excluding hydrogens is 208 g/mol. The van der Waals surface area contributed by atoms with Crippen LogP contribution in [0, 0.1) is 13.8 Å². The molecule has 0 radical (unpaired) electrons. The minimum absolute atomic E-state index is 0.0507. The SMILES string of the molecule is Cc1cc(C)cc(C(NN)c2ccccc2)c1. The van der Waals surface area contributed by atoms with E-state index in [4.69, 9.17) is 5.84 Å². The molecule has 0 aliphatic rings. The zero-order chi connectivity index (χ0) is 12.3. The van der Waals surface area contributed by atoms with Crippen molar-refractivity contribution in [1.29, 1.82) is 0 Å². The van der Waals surface area contributed by atoms with E-state index in [0.717, 1.165) is 0 Å². The first-order valence-corrected chi connectivity index (χ1v) is 5.80. The number of hydrazine groups is 1. The van der Waals surface area contributed by atoms with Crippen molar-refractivity contribution in [2.24, 2.45) is 5.84 Å². The maximum atomic E-state index is 5.69. The molecule has 1 atom stereocenters. The molecule has 0 fully saturated rings. The van der Waals surface area contributed by atoms with Crippen LogP contribution >= 0.6 is 0 Å². The highest BCUT2D eigenvalue weighted by Crippen LogP contribution is 2.23. The predicted molar refractivity (Wildman–Crippen MR) is 71.5 cm³/mol. The maximum absolute atomic E-state index is 5.69. The summed E-state index contributed by atoms with van der Waals surface area (Å²) in [5.41, 5.74) is 7.80. The standard InChI is InChI=1S/C15H18N2/c1-11-8-12(2)10-14(9-11)15(17-16)13-6-4-3-5-7-13/h3-10,15,17H,16H2,1-2H3. The van der Waals surface area contributed by atoms with Crippen LogP contribution in [0.1, 0.15) is 28.3 Å². The Bertz CT molecular complexity index is 471. The van der Waals surface area contributed by atoms with Gasteiger partial charge in [0.25, 0.3) is 0 Å². The summed E-state index contributed by atoms with van der Waals surface area (Å²) in [6, 6.07) is 16.8. The molecule has 2 rings (SSSR count). The van der Waals surface area contributed by atoms with Crippen molar-refractivity contribution in [3.05, 3.63) is 70.8 Å². The van der Waals surface area contributed by atoms with Crippen LogP contribution < -0.4 is 11.3 Å². The second-order valence-corrected chi connectivity index (χ2v) is 4.43. The third-order valence-electron chi connectivity index (χ3n) is 2.88. The lowest BCUT2D eigenvalue weighted by Crippen LogP contribution is -2.28. The van der Waals surface area contributed by atoms with Crippen molar-refractivity contribution in [2.75, 3.05) is 0 Å². The molecule has 2 nitrogen and oxygen atoms in total. The van der Waals surface area contributed by atoms with Gasteiger partial charge in [0.15, 0.2) is 0 Å². The Kier molecular flexibility index (Phi) is 3.57. The zero-order valence-corrected chi connectivity index (χ0v) is 10.3. The number of hydrogen-bond acceptors (Lipinski definition) is 2. The molecule has 2 heteroatoms. The summed E-state index contributed by atoms with van der Waals surface area (Å²) in [5.74, 6) is 5.69. The number of aryl methyl sites for hydroxylation is 2. The highest BCUT2D eigenvalue weighted by Gasteiger charge is 2.12. The van der Waals surface area contributed by atoms with Gasteiger partial charge in [-0.05, 0) is 25.0 Å². The summed E-state index contributed by atoms with van der Waals surface area (Å²) >= 11 is 0. The van der Waals surface area contributed by atoms with Crippen LogP contribution in [-0.4, -0.2) is 0 Å². The zero-order valence-electron chi connectivity index (χ0n) is 10.3. The minimum atomic E-state index is 0.0507. The summed E-state index contributed by atoms with van der Waals surface area (Å²) in [4.78, 5) is 0. The van der Waals surface area contributed by atoms with E-state index in [1.54, 1.807) is 0 Å². The van der Waals surface area contributed by atoms with Crippen LogP contribution in [0.5, 0.6) is 0 Å². The smallest absolute Gasteiger partial charge is 0.0710 e. The molecule has 0 saturated carbocycles. The Morgan fingerprint density at radius 2 is 1.47 bits per heavy atom. The molecule has 2 aromatic carbocycles. The summed E-state index contributed by atoms with van der Waals surface area (Å²) in [7, 11) is 0. The van der Waals surface area contributed by atoms with Crippen molar-refractivity contribution in [3.8, 4) is 0 Å². The van der Waals surface area contributed by atoms with Gasteiger partial charge in [0.1, 0.15) is 0 Å². The molecule has 3 N–H and O–H groups in total. The van der Waals surface area contributed by atoms with Gasteiger partial charge >= 0.3 is 0 Å². The van der Waals surface area contributed by atoms with Gasteiger partial charge in [-0.1, -0.05) is 59.7 Å². The average Bonchev–Trinajstić information content (AvgIpc) is 2.30. The molecule has 88 valence electrons. The second-order valence-electron chi connectivity index (χ2n) is 4.43.